The van der Waals surface area contributed by atoms with Gasteiger partial charge in [0.25, 0.3) is 11.8 Å². The highest BCUT2D eigenvalue weighted by atomic mass is 32.1. The van der Waals surface area contributed by atoms with E-state index in [0.29, 0.717) is 67.6 Å². The van der Waals surface area contributed by atoms with Gasteiger partial charge in [-0.3, -0.25) is 48.2 Å². The fourth-order valence-corrected chi connectivity index (χ4v) is 14.4. The molecule has 85 heavy (non-hydrogen) atoms. The lowest BCUT2D eigenvalue weighted by molar-refractivity contribution is -0.144. The number of alkyl halides is 2. The Balaban J connectivity index is 0.797. The summed E-state index contributed by atoms with van der Waals surface area (Å²) in [5, 5.41) is 11.6. The van der Waals surface area contributed by atoms with E-state index in [4.69, 9.17) is 10.5 Å². The number of carbonyl (C=O) groups excluding carboxylic acids is 9. The fraction of sp³-hybridized carbons (Fsp3) is 0.431. The lowest BCUT2D eigenvalue weighted by Gasteiger charge is -2.38. The molecule has 9 amide bonds. The van der Waals surface area contributed by atoms with Gasteiger partial charge in [0.1, 0.15) is 36.8 Å². The highest BCUT2D eigenvalue weighted by Crippen LogP contribution is 2.59. The predicted molar refractivity (Wildman–Crippen MR) is 308 cm³/mol. The molecule has 6 atom stereocenters. The van der Waals surface area contributed by atoms with Crippen LogP contribution < -0.4 is 27.0 Å². The number of piperidine rings is 2. The molecule has 0 spiro atoms. The van der Waals surface area contributed by atoms with Crippen LogP contribution in [0.4, 0.5) is 13.6 Å². The summed E-state index contributed by atoms with van der Waals surface area (Å²) in [6.07, 6.45) is 2.83. The second-order valence-electron chi connectivity index (χ2n) is 22.1. The van der Waals surface area contributed by atoms with Gasteiger partial charge in [-0.2, -0.15) is 8.78 Å². The number of thiophene rings is 2. The molecule has 0 bridgehead atoms. The van der Waals surface area contributed by atoms with Crippen molar-refractivity contribution in [3.05, 3.63) is 105 Å². The smallest absolute Gasteiger partial charge is 0.404 e. The molecule has 7 heterocycles. The van der Waals surface area contributed by atoms with Crippen LogP contribution in [0.25, 0.3) is 20.2 Å². The van der Waals surface area contributed by atoms with Gasteiger partial charge in [0.15, 0.2) is 0 Å². The maximum atomic E-state index is 14.7. The Hall–Kier alpha value is -7.66. The molecule has 4 fully saturated rings. The van der Waals surface area contributed by atoms with E-state index in [0.717, 1.165) is 50.4 Å². The summed E-state index contributed by atoms with van der Waals surface area (Å²) >= 11 is 2.37. The van der Waals surface area contributed by atoms with Gasteiger partial charge in [0.2, 0.25) is 35.4 Å². The Morgan fingerprint density at radius 2 is 1.65 bits per heavy atom. The van der Waals surface area contributed by atoms with Crippen molar-refractivity contribution in [1.29, 1.82) is 0 Å². The third kappa shape index (κ3) is 13.3. The minimum absolute atomic E-state index is 0.0169. The van der Waals surface area contributed by atoms with Gasteiger partial charge >= 0.3 is 19.4 Å². The largest absolute Gasteiger partial charge is 0.447 e. The normalized spacial score (nSPS) is 21.3. The van der Waals surface area contributed by atoms with E-state index in [1.165, 1.54) is 33.3 Å². The van der Waals surface area contributed by atoms with E-state index in [2.05, 4.69) is 33.1 Å². The third-order valence-corrected chi connectivity index (χ3v) is 19.6. The van der Waals surface area contributed by atoms with Gasteiger partial charge in [-0.05, 0) is 123 Å². The summed E-state index contributed by atoms with van der Waals surface area (Å²) in [4.78, 5) is 148. The topological polar surface area (TPSA) is 307 Å². The number of hydrogen-bond acceptors (Lipinski definition) is 14. The van der Waals surface area contributed by atoms with Crippen LogP contribution in [0.3, 0.4) is 0 Å². The Kier molecular flexibility index (Phi) is 17.9. The number of benzene rings is 3. The monoisotopic (exact) mass is 1230 g/mol. The number of nitrogens with one attached hydrogen (secondary N) is 4. The van der Waals surface area contributed by atoms with E-state index in [1.54, 1.807) is 24.1 Å². The molecule has 2 aromatic heterocycles. The van der Waals surface area contributed by atoms with E-state index in [1.807, 2.05) is 41.3 Å². The Labute approximate surface area is 494 Å². The van der Waals surface area contributed by atoms with E-state index in [9.17, 15) is 66.3 Å². The molecule has 5 aliphatic heterocycles. The number of likely N-dealkylation sites (N-methyl/N-ethyl adjacent to an activating group) is 1. The number of amides is 9. The first kappa shape index (κ1) is 60.5. The summed E-state index contributed by atoms with van der Waals surface area (Å²) in [5.74, 6) is 2.22. The second-order valence-corrected chi connectivity index (χ2v) is 26.0. The molecule has 1 unspecified atom stereocenters. The number of likely N-dealkylation sites (tertiary alicyclic amines) is 1. The molecule has 8 N–H and O–H groups in total. The molecule has 27 heteroatoms. The van der Waals surface area contributed by atoms with Gasteiger partial charge in [-0.25, -0.2) is 4.79 Å². The summed E-state index contributed by atoms with van der Waals surface area (Å²) < 4.78 is 47.2. The standard InChI is InChI=1S/C58H62F2N9O13PS2/c1-66-22-21-37-14-15-45(69(37)56(77)42(30-66)63-53(74)48-27-35-25-36(13-17-47(35)85-48)58(59,60)83(79,80)81)52(73)64-43(31-82-57(61)78)50(71)62-41(28-38-26-34-9-4-5-12-46(34)84-38)55(76)67-23-19-32(20-24-67)7-2-3-8-33-10-6-11-39-40(33)29-68(54(39)75)44-16-18-49(70)65-51(44)72/h4-6,9-13,17,25-27,32,37,41-45H,2,7,14-16,18-24,28-31H2,1H3,(H2,61,78)(H,62,71)(H,63,74)(H,64,73)(H,65,70,72)(H2,79,80,81)/t37-,41+,42+,43+,44?,45+/m1/s1. The summed E-state index contributed by atoms with van der Waals surface area (Å²) in [5.41, 5.74) is 1.85. The molecule has 448 valence electrons. The lowest BCUT2D eigenvalue weighted by atomic mass is 9.91. The Bertz CT molecular complexity index is 3600. The lowest BCUT2D eigenvalue weighted by Crippen LogP contribution is -2.62. The maximum Gasteiger partial charge on any atom is 0.404 e. The van der Waals surface area contributed by atoms with Gasteiger partial charge in [-0.15, -0.1) is 22.7 Å². The Morgan fingerprint density at radius 3 is 2.39 bits per heavy atom. The van der Waals surface area contributed by atoms with Crippen LogP contribution in [-0.2, 0) is 56.7 Å². The Morgan fingerprint density at radius 1 is 0.882 bits per heavy atom. The van der Waals surface area contributed by atoms with E-state index in [-0.39, 0.29) is 72.7 Å². The van der Waals surface area contributed by atoms with Crippen molar-refractivity contribution in [3.63, 3.8) is 0 Å². The minimum Gasteiger partial charge on any atom is -0.447 e. The van der Waals surface area contributed by atoms with Crippen molar-refractivity contribution in [2.24, 2.45) is 11.7 Å². The molecular weight excluding hydrogens is 1160 g/mol. The van der Waals surface area contributed by atoms with Crippen molar-refractivity contribution in [1.82, 2.24) is 40.9 Å². The molecule has 10 rings (SSSR count). The predicted octanol–water partition coefficient (Wildman–Crippen LogP) is 4.28. The van der Waals surface area contributed by atoms with Crippen molar-refractivity contribution in [3.8, 4) is 11.8 Å². The van der Waals surface area contributed by atoms with Crippen LogP contribution in [0.2, 0.25) is 0 Å². The number of hydrogen-bond donors (Lipinski definition) is 7. The van der Waals surface area contributed by atoms with E-state index < -0.39 is 97.3 Å². The van der Waals surface area contributed by atoms with Gasteiger partial charge in [0, 0.05) is 82.5 Å². The van der Waals surface area contributed by atoms with Crippen LogP contribution in [0.5, 0.6) is 0 Å². The molecule has 0 radical (unpaired) electrons. The second kappa shape index (κ2) is 25.1. The number of fused-ring (bicyclic) bond motifs is 4. The minimum atomic E-state index is -5.88. The van der Waals surface area contributed by atoms with Gasteiger partial charge < -0.3 is 55.8 Å². The zero-order valence-corrected chi connectivity index (χ0v) is 48.6. The molecule has 0 saturated carbocycles. The van der Waals surface area contributed by atoms with Crippen molar-refractivity contribution < 1.29 is 71.0 Å². The molecule has 3 aromatic carbocycles. The average molecular weight is 1230 g/mol. The van der Waals surface area contributed by atoms with Gasteiger partial charge in [-0.1, -0.05) is 42.2 Å². The van der Waals surface area contributed by atoms with Crippen LogP contribution >= 0.6 is 30.3 Å². The zero-order valence-electron chi connectivity index (χ0n) is 46.1. The first-order valence-corrected chi connectivity index (χ1v) is 31.1. The van der Waals surface area contributed by atoms with E-state index >= 15 is 0 Å². The zero-order chi connectivity index (χ0) is 60.5. The quantitative estimate of drug-likeness (QED) is 0.0413. The van der Waals surface area contributed by atoms with Crippen LogP contribution in [0.1, 0.15) is 99.4 Å². The maximum absolute atomic E-state index is 14.7. The molecule has 5 aliphatic rings. The number of rotatable bonds is 16. The van der Waals surface area contributed by atoms with Crippen molar-refractivity contribution >= 4 is 104 Å². The SMILES string of the molecule is CN1CC[C@H]2CC[C@@H](C(=O)N[C@@H](COC(N)=O)C(=O)N[C@@H](Cc3cc4ccccc4s3)C(=O)N3CCC(CCC#Cc4cccc5c4CN(C4CCC(=O)NC4=O)C5=O)CC3)N2C(=O)[C@@H](NC(=O)c2cc3cc(C(F)(F)P(=O)(O)O)ccc3s2)C1. The molecule has 5 aromatic rings. The molecule has 4 saturated heterocycles. The van der Waals surface area contributed by atoms with Crippen LogP contribution in [0, 0.1) is 17.8 Å². The number of primary amides is 1. The number of halogens is 2. The number of ether oxygens (including phenoxy) is 1. The highest BCUT2D eigenvalue weighted by molar-refractivity contribution is 7.52. The summed E-state index contributed by atoms with van der Waals surface area (Å²) in [6.45, 7) is 0.721. The first-order chi connectivity index (χ1) is 40.5. The number of carbonyl (C=O) groups is 9. The fourth-order valence-electron chi connectivity index (χ4n) is 11.9. The van der Waals surface area contributed by atoms with Crippen molar-refractivity contribution in [2.75, 3.05) is 39.8 Å². The third-order valence-electron chi connectivity index (χ3n) is 16.4. The van der Waals surface area contributed by atoms with Crippen LogP contribution in [0.15, 0.2) is 72.8 Å². The summed E-state index contributed by atoms with van der Waals surface area (Å²) in [7, 11) is -4.12. The highest BCUT2D eigenvalue weighted by Gasteiger charge is 2.51. The van der Waals surface area contributed by atoms with Gasteiger partial charge in [0.05, 0.1) is 4.88 Å². The molecule has 22 nitrogen and oxygen atoms in total. The first-order valence-electron chi connectivity index (χ1n) is 27.9. The van der Waals surface area contributed by atoms with Crippen molar-refractivity contribution in [2.45, 2.75) is 113 Å². The molecular formula is C58H62F2N9O13PS2. The molecule has 0 aliphatic carbocycles. The van der Waals surface area contributed by atoms with Crippen LogP contribution in [-0.4, -0.2) is 159 Å². The number of imide groups is 1. The average Bonchev–Trinajstić information content (AvgIpc) is 4.50. The number of nitrogens with zero attached hydrogens (tertiary/aromatic N) is 4. The number of nitrogens with two attached hydrogens (primary N) is 1. The summed E-state index contributed by atoms with van der Waals surface area (Å²) in [6, 6.07) is 12.8.